The molecule has 5 nitrogen and oxygen atoms in total. The van der Waals surface area contributed by atoms with E-state index in [0.29, 0.717) is 23.8 Å². The number of aryl methyl sites for hydroxylation is 1. The van der Waals surface area contributed by atoms with E-state index in [0.717, 1.165) is 16.4 Å². The lowest BCUT2D eigenvalue weighted by molar-refractivity contribution is 1.07. The second-order valence-electron chi connectivity index (χ2n) is 3.90. The van der Waals surface area contributed by atoms with Gasteiger partial charge in [0.1, 0.15) is 0 Å². The molecule has 0 aliphatic carbocycles. The first-order valence-corrected chi connectivity index (χ1v) is 7.01. The summed E-state index contributed by atoms with van der Waals surface area (Å²) in [5.41, 5.74) is 14.7. The SMILES string of the molecule is C=CNCS/C(=N\CC)Nc1cc(N)c(N)cc1C. The minimum atomic E-state index is 0.568. The third-order valence-electron chi connectivity index (χ3n) is 2.41. The molecule has 1 aromatic carbocycles. The molecular weight excluding hydrogens is 258 g/mol. The Kier molecular flexibility index (Phi) is 6.08. The van der Waals surface area contributed by atoms with Gasteiger partial charge in [0.15, 0.2) is 5.17 Å². The Balaban J connectivity index is 2.81. The normalized spacial score (nSPS) is 11.2. The summed E-state index contributed by atoms with van der Waals surface area (Å²) < 4.78 is 0. The van der Waals surface area contributed by atoms with E-state index in [1.54, 1.807) is 18.0 Å². The minimum absolute atomic E-state index is 0.568. The summed E-state index contributed by atoms with van der Waals surface area (Å²) in [7, 11) is 0. The van der Waals surface area contributed by atoms with Crippen LogP contribution in [0.3, 0.4) is 0 Å². The molecule has 19 heavy (non-hydrogen) atoms. The fraction of sp³-hybridized carbons (Fsp3) is 0.308. The Morgan fingerprint density at radius 2 is 2.11 bits per heavy atom. The third-order valence-corrected chi connectivity index (χ3v) is 3.23. The quantitative estimate of drug-likeness (QED) is 0.218. The van der Waals surface area contributed by atoms with Crippen molar-refractivity contribution in [2.75, 3.05) is 29.2 Å². The van der Waals surface area contributed by atoms with Gasteiger partial charge in [-0.3, -0.25) is 4.99 Å². The number of benzene rings is 1. The van der Waals surface area contributed by atoms with Crippen molar-refractivity contribution in [3.05, 3.63) is 30.5 Å². The zero-order valence-corrected chi connectivity index (χ0v) is 12.2. The molecule has 0 spiro atoms. The summed E-state index contributed by atoms with van der Waals surface area (Å²) in [5.74, 6) is 0.707. The number of amidine groups is 1. The highest BCUT2D eigenvalue weighted by Gasteiger charge is 2.06. The van der Waals surface area contributed by atoms with Gasteiger partial charge in [-0.15, -0.1) is 0 Å². The van der Waals surface area contributed by atoms with Crippen LogP contribution < -0.4 is 22.1 Å². The van der Waals surface area contributed by atoms with E-state index in [2.05, 4.69) is 22.2 Å². The molecule has 0 aromatic heterocycles. The van der Waals surface area contributed by atoms with Crippen LogP contribution in [0, 0.1) is 6.92 Å². The lowest BCUT2D eigenvalue weighted by Gasteiger charge is -2.13. The molecule has 0 unspecified atom stereocenters. The molecule has 0 aliphatic heterocycles. The van der Waals surface area contributed by atoms with Crippen LogP contribution in [0.5, 0.6) is 0 Å². The van der Waals surface area contributed by atoms with Gasteiger partial charge in [-0.05, 0) is 37.7 Å². The van der Waals surface area contributed by atoms with E-state index in [1.165, 1.54) is 0 Å². The number of hydrogen-bond donors (Lipinski definition) is 4. The first-order valence-electron chi connectivity index (χ1n) is 6.02. The van der Waals surface area contributed by atoms with Crippen LogP contribution in [0.1, 0.15) is 12.5 Å². The van der Waals surface area contributed by atoms with Crippen molar-refractivity contribution >= 4 is 34.0 Å². The maximum absolute atomic E-state index is 5.82. The number of thioether (sulfide) groups is 1. The van der Waals surface area contributed by atoms with Gasteiger partial charge in [-0.1, -0.05) is 18.3 Å². The molecule has 1 aromatic rings. The Bertz CT molecular complexity index is 470. The van der Waals surface area contributed by atoms with Gasteiger partial charge in [-0.2, -0.15) is 0 Å². The molecule has 0 heterocycles. The van der Waals surface area contributed by atoms with Crippen molar-refractivity contribution in [3.63, 3.8) is 0 Å². The van der Waals surface area contributed by atoms with Gasteiger partial charge in [0, 0.05) is 12.2 Å². The van der Waals surface area contributed by atoms with Crippen molar-refractivity contribution in [3.8, 4) is 0 Å². The zero-order valence-electron chi connectivity index (χ0n) is 11.4. The largest absolute Gasteiger partial charge is 0.397 e. The smallest absolute Gasteiger partial charge is 0.162 e. The van der Waals surface area contributed by atoms with E-state index in [9.17, 15) is 0 Å². The molecule has 0 amide bonds. The van der Waals surface area contributed by atoms with E-state index in [-0.39, 0.29) is 0 Å². The van der Waals surface area contributed by atoms with Crippen LogP contribution >= 0.6 is 11.8 Å². The van der Waals surface area contributed by atoms with Crippen LogP contribution in [0.15, 0.2) is 29.9 Å². The van der Waals surface area contributed by atoms with Gasteiger partial charge < -0.3 is 22.1 Å². The van der Waals surface area contributed by atoms with Gasteiger partial charge in [0.05, 0.1) is 17.3 Å². The molecule has 0 bridgehead atoms. The third kappa shape index (κ3) is 4.75. The molecule has 104 valence electrons. The van der Waals surface area contributed by atoms with Crippen molar-refractivity contribution in [2.24, 2.45) is 4.99 Å². The molecule has 0 saturated carbocycles. The predicted octanol–water partition coefficient (Wildman–Crippen LogP) is 2.37. The van der Waals surface area contributed by atoms with Crippen LogP contribution in [0.2, 0.25) is 0 Å². The average Bonchev–Trinajstić information content (AvgIpc) is 2.36. The van der Waals surface area contributed by atoms with Gasteiger partial charge in [0.25, 0.3) is 0 Å². The number of hydrogen-bond acceptors (Lipinski definition) is 5. The molecule has 0 aliphatic rings. The van der Waals surface area contributed by atoms with Crippen molar-refractivity contribution < 1.29 is 0 Å². The molecule has 1 rings (SSSR count). The maximum Gasteiger partial charge on any atom is 0.162 e. The highest BCUT2D eigenvalue weighted by atomic mass is 32.2. The molecule has 0 radical (unpaired) electrons. The second kappa shape index (κ2) is 7.58. The Morgan fingerprint density at radius 3 is 2.74 bits per heavy atom. The number of nitrogens with one attached hydrogen (secondary N) is 2. The number of nitrogen functional groups attached to an aromatic ring is 2. The summed E-state index contributed by atoms with van der Waals surface area (Å²) in [6.45, 7) is 8.30. The summed E-state index contributed by atoms with van der Waals surface area (Å²) in [6.07, 6.45) is 1.66. The molecule has 6 heteroatoms. The van der Waals surface area contributed by atoms with Gasteiger partial charge in [-0.25, -0.2) is 0 Å². The predicted molar refractivity (Wildman–Crippen MR) is 87.4 cm³/mol. The Labute approximate surface area is 118 Å². The fourth-order valence-corrected chi connectivity index (χ4v) is 2.17. The van der Waals surface area contributed by atoms with Crippen LogP contribution in [0.25, 0.3) is 0 Å². The van der Waals surface area contributed by atoms with Gasteiger partial charge >= 0.3 is 0 Å². The van der Waals surface area contributed by atoms with Crippen LogP contribution in [0.4, 0.5) is 17.1 Å². The number of aliphatic imine (C=N–C) groups is 1. The number of nitrogens with two attached hydrogens (primary N) is 2. The molecule has 0 saturated heterocycles. The van der Waals surface area contributed by atoms with Crippen molar-refractivity contribution in [1.82, 2.24) is 5.32 Å². The topological polar surface area (TPSA) is 88.5 Å². The van der Waals surface area contributed by atoms with Crippen molar-refractivity contribution in [2.45, 2.75) is 13.8 Å². The van der Waals surface area contributed by atoms with E-state index in [4.69, 9.17) is 11.5 Å². The molecule has 0 atom stereocenters. The van der Waals surface area contributed by atoms with Crippen LogP contribution in [-0.2, 0) is 0 Å². The average molecular weight is 279 g/mol. The van der Waals surface area contributed by atoms with E-state index in [1.807, 2.05) is 26.0 Å². The Hall–Kier alpha value is -1.82. The monoisotopic (exact) mass is 279 g/mol. The minimum Gasteiger partial charge on any atom is -0.397 e. The van der Waals surface area contributed by atoms with Crippen molar-refractivity contribution in [1.29, 1.82) is 0 Å². The number of anilines is 3. The van der Waals surface area contributed by atoms with E-state index >= 15 is 0 Å². The molecule has 0 fully saturated rings. The molecule has 6 N–H and O–H groups in total. The number of nitrogens with zero attached hydrogens (tertiary/aromatic N) is 1. The standard InChI is InChI=1S/C13H21N5S/c1-4-16-8-19-13(17-5-2)18-12-7-11(15)10(14)6-9(12)3/h4,6-7,16H,1,5,8,14-15H2,2-3H3,(H,17,18). The summed E-state index contributed by atoms with van der Waals surface area (Å²) in [4.78, 5) is 4.41. The second-order valence-corrected chi connectivity index (χ2v) is 4.86. The maximum atomic E-state index is 5.82. The van der Waals surface area contributed by atoms with Gasteiger partial charge in [0.2, 0.25) is 0 Å². The summed E-state index contributed by atoms with van der Waals surface area (Å²) in [6, 6.07) is 3.69. The fourth-order valence-electron chi connectivity index (χ4n) is 1.43. The Morgan fingerprint density at radius 1 is 1.42 bits per heavy atom. The highest BCUT2D eigenvalue weighted by Crippen LogP contribution is 2.25. The first-order chi connectivity index (χ1) is 9.08. The zero-order chi connectivity index (χ0) is 14.3. The summed E-state index contributed by atoms with van der Waals surface area (Å²) in [5, 5.41) is 7.13. The first kappa shape index (κ1) is 15.2. The molecular formula is C13H21N5S. The lowest BCUT2D eigenvalue weighted by atomic mass is 10.1. The van der Waals surface area contributed by atoms with Crippen LogP contribution in [-0.4, -0.2) is 17.6 Å². The number of rotatable bonds is 5. The summed E-state index contributed by atoms with van der Waals surface area (Å²) >= 11 is 1.57. The highest BCUT2D eigenvalue weighted by molar-refractivity contribution is 8.14. The van der Waals surface area contributed by atoms with E-state index < -0.39 is 0 Å². The lowest BCUT2D eigenvalue weighted by Crippen LogP contribution is -2.14.